The minimum atomic E-state index is -0.977. The summed E-state index contributed by atoms with van der Waals surface area (Å²) in [7, 11) is 0. The third-order valence-corrected chi connectivity index (χ3v) is 5.74. The van der Waals surface area contributed by atoms with Gasteiger partial charge in [-0.2, -0.15) is 0 Å². The molecule has 0 saturated heterocycles. The van der Waals surface area contributed by atoms with Crippen LogP contribution in [0.2, 0.25) is 0 Å². The van der Waals surface area contributed by atoms with Crippen molar-refractivity contribution in [1.82, 2.24) is 15.5 Å². The maximum Gasteiger partial charge on any atom is 0.408 e. The topological polar surface area (TPSA) is 114 Å². The van der Waals surface area contributed by atoms with Crippen LogP contribution in [0.15, 0.2) is 18.2 Å². The van der Waals surface area contributed by atoms with E-state index in [2.05, 4.69) is 10.6 Å². The summed E-state index contributed by atoms with van der Waals surface area (Å²) in [5, 5.41) is 5.31. The molecule has 0 fully saturated rings. The van der Waals surface area contributed by atoms with Gasteiger partial charge in [0.05, 0.1) is 13.0 Å². The average Bonchev–Trinajstić information content (AvgIpc) is 2.76. The molecule has 9 nitrogen and oxygen atoms in total. The predicted molar refractivity (Wildman–Crippen MR) is 138 cm³/mol. The molecule has 3 amide bonds. The van der Waals surface area contributed by atoms with Gasteiger partial charge in [0.15, 0.2) is 0 Å². The first-order valence-electron chi connectivity index (χ1n) is 12.4. The SMILES string of the molecule is CCOC(=O)CCNC(=O)C(c1cc(C)ccc1C)N(C(=O)CNC(=O)OC(C)(C)C)C(C)(C)CC. The van der Waals surface area contributed by atoms with E-state index in [1.165, 1.54) is 4.90 Å². The number of rotatable bonds is 11. The van der Waals surface area contributed by atoms with Gasteiger partial charge in [0, 0.05) is 12.1 Å². The van der Waals surface area contributed by atoms with Crippen molar-refractivity contribution in [2.24, 2.45) is 0 Å². The van der Waals surface area contributed by atoms with Crippen molar-refractivity contribution in [3.63, 3.8) is 0 Å². The van der Waals surface area contributed by atoms with E-state index in [0.717, 1.165) is 11.1 Å². The summed E-state index contributed by atoms with van der Waals surface area (Å²) in [5.41, 5.74) is 1.02. The molecule has 9 heteroatoms. The molecule has 0 aliphatic carbocycles. The van der Waals surface area contributed by atoms with Crippen LogP contribution in [-0.4, -0.2) is 59.6 Å². The van der Waals surface area contributed by atoms with Crippen LogP contribution >= 0.6 is 0 Å². The Morgan fingerprint density at radius 3 is 2.19 bits per heavy atom. The number of nitrogens with zero attached hydrogens (tertiary/aromatic N) is 1. The molecule has 0 heterocycles. The van der Waals surface area contributed by atoms with Crippen molar-refractivity contribution in [2.45, 2.75) is 92.3 Å². The molecule has 0 bridgehead atoms. The predicted octanol–water partition coefficient (Wildman–Crippen LogP) is 3.96. The molecule has 0 radical (unpaired) electrons. The highest BCUT2D eigenvalue weighted by Gasteiger charge is 2.40. The molecule has 0 saturated carbocycles. The Hall–Kier alpha value is -3.10. The summed E-state index contributed by atoms with van der Waals surface area (Å²) >= 11 is 0. The Balaban J connectivity index is 3.37. The van der Waals surface area contributed by atoms with E-state index in [1.807, 2.05) is 52.8 Å². The average molecular weight is 506 g/mol. The lowest BCUT2D eigenvalue weighted by molar-refractivity contribution is -0.147. The van der Waals surface area contributed by atoms with Crippen LogP contribution < -0.4 is 10.6 Å². The molecule has 1 atom stereocenters. The lowest BCUT2D eigenvalue weighted by Crippen LogP contribution is -2.56. The van der Waals surface area contributed by atoms with Crippen molar-refractivity contribution in [3.05, 3.63) is 34.9 Å². The lowest BCUT2D eigenvalue weighted by Gasteiger charge is -2.43. The van der Waals surface area contributed by atoms with Crippen LogP contribution in [0, 0.1) is 13.8 Å². The lowest BCUT2D eigenvalue weighted by atomic mass is 9.90. The molecule has 0 aliphatic rings. The minimum absolute atomic E-state index is 0.0183. The van der Waals surface area contributed by atoms with Gasteiger partial charge in [0.2, 0.25) is 11.8 Å². The van der Waals surface area contributed by atoms with Crippen LogP contribution in [0.5, 0.6) is 0 Å². The van der Waals surface area contributed by atoms with Gasteiger partial charge in [-0.05, 0) is 72.9 Å². The molecule has 36 heavy (non-hydrogen) atoms. The summed E-state index contributed by atoms with van der Waals surface area (Å²) in [6, 6.07) is 4.76. The van der Waals surface area contributed by atoms with Crippen molar-refractivity contribution in [2.75, 3.05) is 19.7 Å². The smallest absolute Gasteiger partial charge is 0.408 e. The zero-order valence-electron chi connectivity index (χ0n) is 23.2. The fourth-order valence-corrected chi connectivity index (χ4v) is 3.62. The number of carbonyl (C=O) groups is 4. The largest absolute Gasteiger partial charge is 0.466 e. The number of hydrogen-bond donors (Lipinski definition) is 2. The van der Waals surface area contributed by atoms with E-state index in [-0.39, 0.29) is 26.1 Å². The van der Waals surface area contributed by atoms with Crippen LogP contribution in [-0.2, 0) is 23.9 Å². The van der Waals surface area contributed by atoms with Crippen molar-refractivity contribution in [1.29, 1.82) is 0 Å². The fourth-order valence-electron chi connectivity index (χ4n) is 3.62. The first kappa shape index (κ1) is 30.9. The van der Waals surface area contributed by atoms with Gasteiger partial charge in [0.25, 0.3) is 0 Å². The molecular formula is C27H43N3O6. The molecule has 0 spiro atoms. The normalized spacial score (nSPS) is 12.4. The van der Waals surface area contributed by atoms with Gasteiger partial charge in [0.1, 0.15) is 18.2 Å². The van der Waals surface area contributed by atoms with Crippen molar-refractivity contribution in [3.8, 4) is 0 Å². The number of ether oxygens (including phenoxy) is 2. The molecule has 1 unspecified atom stereocenters. The van der Waals surface area contributed by atoms with Crippen LogP contribution in [0.25, 0.3) is 0 Å². The van der Waals surface area contributed by atoms with Gasteiger partial charge in [-0.15, -0.1) is 0 Å². The maximum atomic E-state index is 13.6. The van der Waals surface area contributed by atoms with Gasteiger partial charge in [-0.3, -0.25) is 14.4 Å². The molecule has 2 N–H and O–H groups in total. The van der Waals surface area contributed by atoms with Gasteiger partial charge >= 0.3 is 12.1 Å². The van der Waals surface area contributed by atoms with Gasteiger partial charge in [-0.1, -0.05) is 30.7 Å². The van der Waals surface area contributed by atoms with E-state index in [1.54, 1.807) is 27.7 Å². The number of esters is 1. The first-order chi connectivity index (χ1) is 16.6. The Labute approximate surface area is 215 Å². The number of benzene rings is 1. The Morgan fingerprint density at radius 2 is 1.64 bits per heavy atom. The maximum absolute atomic E-state index is 13.6. The fraction of sp³-hybridized carbons (Fsp3) is 0.630. The summed E-state index contributed by atoms with van der Waals surface area (Å²) in [6.45, 7) is 16.4. The highest BCUT2D eigenvalue weighted by atomic mass is 16.6. The zero-order chi connectivity index (χ0) is 27.7. The Kier molecular flexibility index (Phi) is 11.4. The van der Waals surface area contributed by atoms with Gasteiger partial charge in [-0.25, -0.2) is 4.79 Å². The Morgan fingerprint density at radius 1 is 1.00 bits per heavy atom. The molecule has 0 aliphatic heterocycles. The zero-order valence-corrected chi connectivity index (χ0v) is 23.2. The number of hydrogen-bond acceptors (Lipinski definition) is 6. The summed E-state index contributed by atoms with van der Waals surface area (Å²) in [4.78, 5) is 52.7. The van der Waals surface area contributed by atoms with Gasteiger partial charge < -0.3 is 25.0 Å². The van der Waals surface area contributed by atoms with E-state index >= 15 is 0 Å². The standard InChI is InChI=1S/C27H43N3O6/c1-10-27(8,9)30(21(31)17-29-25(34)36-26(5,6)7)23(20-16-18(3)12-13-19(20)4)24(33)28-15-14-22(32)35-11-2/h12-13,16,23H,10-11,14-15,17H2,1-9H3,(H,28,33)(H,29,34). The third kappa shape index (κ3) is 9.51. The second-order valence-electron chi connectivity index (χ2n) is 10.4. The number of alkyl carbamates (subject to hydrolysis) is 1. The summed E-state index contributed by atoms with van der Waals surface area (Å²) in [5.74, 6) is -1.26. The monoisotopic (exact) mass is 505 g/mol. The highest BCUT2D eigenvalue weighted by Crippen LogP contribution is 2.33. The first-order valence-corrected chi connectivity index (χ1v) is 12.4. The Bertz CT molecular complexity index is 936. The number of amides is 3. The van der Waals surface area contributed by atoms with E-state index in [0.29, 0.717) is 12.0 Å². The highest BCUT2D eigenvalue weighted by molar-refractivity contribution is 5.91. The molecule has 202 valence electrons. The quantitative estimate of drug-likeness (QED) is 0.440. The van der Waals surface area contributed by atoms with E-state index in [9.17, 15) is 19.2 Å². The number of aryl methyl sites for hydroxylation is 2. The van der Waals surface area contributed by atoms with E-state index in [4.69, 9.17) is 9.47 Å². The summed E-state index contributed by atoms with van der Waals surface area (Å²) < 4.78 is 10.2. The van der Waals surface area contributed by atoms with Crippen molar-refractivity contribution >= 4 is 23.9 Å². The van der Waals surface area contributed by atoms with Crippen LogP contribution in [0.3, 0.4) is 0 Å². The number of nitrogens with one attached hydrogen (secondary N) is 2. The molecule has 1 aromatic carbocycles. The molecular weight excluding hydrogens is 462 g/mol. The van der Waals surface area contributed by atoms with Crippen LogP contribution in [0.1, 0.15) is 84.0 Å². The second kappa shape index (κ2) is 13.3. The van der Waals surface area contributed by atoms with Crippen LogP contribution in [0.4, 0.5) is 4.79 Å². The molecule has 0 aromatic heterocycles. The number of carbonyl (C=O) groups excluding carboxylic acids is 4. The second-order valence-corrected chi connectivity index (χ2v) is 10.4. The third-order valence-electron chi connectivity index (χ3n) is 5.74. The minimum Gasteiger partial charge on any atom is -0.466 e. The molecule has 1 rings (SSSR count). The molecule has 1 aromatic rings. The summed E-state index contributed by atoms with van der Waals surface area (Å²) in [6.07, 6.45) is -0.139. The van der Waals surface area contributed by atoms with E-state index < -0.39 is 41.1 Å². The van der Waals surface area contributed by atoms with Crippen molar-refractivity contribution < 1.29 is 28.7 Å².